The van der Waals surface area contributed by atoms with E-state index < -0.39 is 0 Å². The van der Waals surface area contributed by atoms with Gasteiger partial charge in [-0.15, -0.1) is 11.6 Å². The average Bonchev–Trinajstić information content (AvgIpc) is 3.23. The van der Waals surface area contributed by atoms with Gasteiger partial charge < -0.3 is 5.11 Å². The van der Waals surface area contributed by atoms with Gasteiger partial charge in [0.15, 0.2) is 12.7 Å². The number of fused-ring (bicyclic) bond motifs is 1. The minimum atomic E-state index is 0.0709. The molecule has 2 heterocycles. The molecule has 0 unspecified atom stereocenters. The Balaban J connectivity index is 0.00000124. The number of alkyl halides is 1. The summed E-state index contributed by atoms with van der Waals surface area (Å²) in [5.41, 5.74) is 8.53. The molecule has 0 aliphatic heterocycles. The van der Waals surface area contributed by atoms with Crippen molar-refractivity contribution in [3.63, 3.8) is 0 Å². The maximum atomic E-state index is 9.31. The molecule has 0 amide bonds. The van der Waals surface area contributed by atoms with E-state index in [4.69, 9.17) is 0 Å². The highest BCUT2D eigenvalue weighted by Crippen LogP contribution is 2.31. The second-order valence-corrected chi connectivity index (χ2v) is 8.74. The van der Waals surface area contributed by atoms with Gasteiger partial charge in [0.1, 0.15) is 0 Å². The summed E-state index contributed by atoms with van der Waals surface area (Å²) in [5, 5.41) is 10.6. The van der Waals surface area contributed by atoms with Crippen molar-refractivity contribution in [2.75, 3.05) is 6.38 Å². The van der Waals surface area contributed by atoms with E-state index in [9.17, 15) is 5.11 Å². The Morgan fingerprint density at radius 3 is 2.43 bits per heavy atom. The zero-order chi connectivity index (χ0) is 21.7. The molecule has 6 heteroatoms. The van der Waals surface area contributed by atoms with Gasteiger partial charge in [0.25, 0.3) is 0 Å². The second kappa shape index (κ2) is 10.7. The summed E-state index contributed by atoms with van der Waals surface area (Å²) in [5.74, 6) is 0. The lowest BCUT2D eigenvalue weighted by molar-refractivity contribution is -0.677. The van der Waals surface area contributed by atoms with Gasteiger partial charge >= 0.3 is 0 Å². The van der Waals surface area contributed by atoms with Crippen LogP contribution in [0.5, 0.6) is 0 Å². The average molecular weight is 552 g/mol. The van der Waals surface area contributed by atoms with Gasteiger partial charge in [0.05, 0.1) is 12.1 Å². The fourth-order valence-electron chi connectivity index (χ4n) is 3.83. The Hall–Kier alpha value is -1.54. The molecule has 156 valence electrons. The second-order valence-electron chi connectivity index (χ2n) is 7.03. The molecule has 2 aromatic carbocycles. The van der Waals surface area contributed by atoms with Gasteiger partial charge in [-0.2, -0.15) is 4.57 Å². The molecule has 0 atom stereocenters. The summed E-state index contributed by atoms with van der Waals surface area (Å²) in [4.78, 5) is 0. The van der Waals surface area contributed by atoms with E-state index in [2.05, 4.69) is 110 Å². The number of rotatable bonds is 5. The molecule has 30 heavy (non-hydrogen) atoms. The number of aliphatic hydroxyl groups is 1. The van der Waals surface area contributed by atoms with Crippen molar-refractivity contribution in [2.24, 2.45) is 0 Å². The van der Waals surface area contributed by atoms with Gasteiger partial charge in [-0.1, -0.05) is 18.2 Å². The minimum absolute atomic E-state index is 0.0709. The van der Waals surface area contributed by atoms with Crippen molar-refractivity contribution >= 4 is 52.8 Å². The highest BCUT2D eigenvalue weighted by molar-refractivity contribution is 14.2. The van der Waals surface area contributed by atoms with E-state index in [0.717, 1.165) is 17.7 Å². The highest BCUT2D eigenvalue weighted by Gasteiger charge is 2.18. The molecule has 0 bridgehead atoms. The zero-order valence-corrected chi connectivity index (χ0v) is 21.0. The molecular formula is C24H25ClIN2OS+. The molecule has 0 saturated heterocycles. The maximum absolute atomic E-state index is 9.31. The maximum Gasteiger partial charge on any atom is 0.212 e. The van der Waals surface area contributed by atoms with Gasteiger partial charge in [0, 0.05) is 71.6 Å². The van der Waals surface area contributed by atoms with Crippen LogP contribution in [-0.2, 0) is 13.2 Å². The van der Waals surface area contributed by atoms with Crippen LogP contribution in [0, 0.1) is 13.8 Å². The molecule has 4 aromatic rings. The topological polar surface area (TPSA) is 29.0 Å². The molecule has 0 spiro atoms. The molecule has 3 nitrogen and oxygen atoms in total. The Bertz CT molecular complexity index is 1140. The molecule has 0 radical (unpaired) electrons. The third-order valence-corrected chi connectivity index (χ3v) is 6.96. The van der Waals surface area contributed by atoms with Crippen LogP contribution in [0.2, 0.25) is 0 Å². The van der Waals surface area contributed by atoms with Crippen LogP contribution in [0.4, 0.5) is 0 Å². The largest absolute Gasteiger partial charge is 0.392 e. The number of benzene rings is 2. The Morgan fingerprint density at radius 1 is 1.03 bits per heavy atom. The first-order chi connectivity index (χ1) is 14.6. The normalized spacial score (nSPS) is 10.7. The van der Waals surface area contributed by atoms with Crippen LogP contribution in [0.1, 0.15) is 22.3 Å². The van der Waals surface area contributed by atoms with E-state index >= 15 is 0 Å². The first kappa shape index (κ1) is 23.1. The van der Waals surface area contributed by atoms with Crippen molar-refractivity contribution in [1.29, 1.82) is 0 Å². The number of aromatic nitrogens is 2. The summed E-state index contributed by atoms with van der Waals surface area (Å²) in [7, 11) is 1.70. The molecule has 1 N–H and O–H groups in total. The SMILES string of the molecule is CCl.Cc1cc(C)c2c(ccn2SI)c1C[n+]1ccccc1-c1ccc(CO)cc1. The molecule has 0 aliphatic rings. The zero-order valence-electron chi connectivity index (χ0n) is 17.3. The lowest BCUT2D eigenvalue weighted by Gasteiger charge is -2.11. The summed E-state index contributed by atoms with van der Waals surface area (Å²) in [6.07, 6.45) is 5.77. The van der Waals surface area contributed by atoms with Crippen molar-refractivity contribution in [1.82, 2.24) is 3.97 Å². The van der Waals surface area contributed by atoms with Crippen LogP contribution in [-0.4, -0.2) is 15.5 Å². The number of hydrogen-bond donors (Lipinski definition) is 1. The van der Waals surface area contributed by atoms with Gasteiger partial charge in [-0.05, 0) is 54.8 Å². The summed E-state index contributed by atoms with van der Waals surface area (Å²) in [6.45, 7) is 5.28. The number of aryl methyl sites for hydroxylation is 2. The lowest BCUT2D eigenvalue weighted by Crippen LogP contribution is -2.36. The Morgan fingerprint density at radius 2 is 1.77 bits per heavy atom. The predicted molar refractivity (Wildman–Crippen MR) is 137 cm³/mol. The van der Waals surface area contributed by atoms with Crippen LogP contribution < -0.4 is 4.57 Å². The first-order valence-corrected chi connectivity index (χ1v) is 13.6. The van der Waals surface area contributed by atoms with E-state index in [1.807, 2.05) is 12.1 Å². The Labute approximate surface area is 199 Å². The van der Waals surface area contributed by atoms with Gasteiger partial charge in [-0.3, -0.25) is 3.97 Å². The van der Waals surface area contributed by atoms with Gasteiger partial charge in [0.2, 0.25) is 5.69 Å². The van der Waals surface area contributed by atoms with Crippen LogP contribution in [0.3, 0.4) is 0 Å². The fraction of sp³-hybridized carbons (Fsp3) is 0.208. The number of aliphatic hydroxyl groups excluding tert-OH is 1. The molecule has 4 rings (SSSR count). The monoisotopic (exact) mass is 551 g/mol. The van der Waals surface area contributed by atoms with E-state index in [1.54, 1.807) is 9.12 Å². The summed E-state index contributed by atoms with van der Waals surface area (Å²) >= 11 is 6.97. The minimum Gasteiger partial charge on any atom is -0.392 e. The first-order valence-electron chi connectivity index (χ1n) is 9.58. The molecule has 0 saturated carbocycles. The quantitative estimate of drug-likeness (QED) is 0.175. The van der Waals surface area contributed by atoms with Crippen molar-refractivity contribution < 1.29 is 9.67 Å². The molecule has 2 aromatic heterocycles. The third kappa shape index (κ3) is 4.69. The van der Waals surface area contributed by atoms with Gasteiger partial charge in [-0.25, -0.2) is 0 Å². The van der Waals surface area contributed by atoms with Crippen LogP contribution in [0.15, 0.2) is 67.0 Å². The van der Waals surface area contributed by atoms with E-state index in [1.165, 1.54) is 39.7 Å². The van der Waals surface area contributed by atoms with Crippen molar-refractivity contribution in [2.45, 2.75) is 27.0 Å². The lowest BCUT2D eigenvalue weighted by atomic mass is 10.00. The number of pyridine rings is 1. The third-order valence-electron chi connectivity index (χ3n) is 5.24. The molecular weight excluding hydrogens is 527 g/mol. The molecule has 0 aliphatic carbocycles. The van der Waals surface area contributed by atoms with Crippen LogP contribution in [0.25, 0.3) is 22.2 Å². The van der Waals surface area contributed by atoms with E-state index in [-0.39, 0.29) is 6.61 Å². The standard InChI is InChI=1S/C23H22IN2OS.CH3Cl/c1-16-13-17(2)23-20(10-12-26(23)28-24)21(16)14-25-11-4-3-5-22(25)19-8-6-18(15-27)7-9-19;1-2/h3-13,27H,14-15H2,1-2H3;1H3/q+1;. The van der Waals surface area contributed by atoms with E-state index in [0.29, 0.717) is 0 Å². The molecule has 0 fully saturated rings. The van der Waals surface area contributed by atoms with Crippen molar-refractivity contribution in [3.05, 3.63) is 89.2 Å². The predicted octanol–water partition coefficient (Wildman–Crippen LogP) is 6.45. The Kier molecular flexibility index (Phi) is 8.22. The summed E-state index contributed by atoms with van der Waals surface area (Å²) in [6, 6.07) is 19.0. The summed E-state index contributed by atoms with van der Waals surface area (Å²) < 4.78 is 4.54. The van der Waals surface area contributed by atoms with Crippen LogP contribution >= 0.6 is 41.9 Å². The number of halogens is 2. The smallest absolute Gasteiger partial charge is 0.212 e. The number of hydrogen-bond acceptors (Lipinski definition) is 2. The highest BCUT2D eigenvalue weighted by atomic mass is 127. The fourth-order valence-corrected chi connectivity index (χ4v) is 5.23. The number of nitrogens with zero attached hydrogens (tertiary/aromatic N) is 2. The van der Waals surface area contributed by atoms with Crippen molar-refractivity contribution in [3.8, 4) is 11.3 Å².